The van der Waals surface area contributed by atoms with Crippen LogP contribution in [-0.2, 0) is 36.6 Å². The Hall–Kier alpha value is -4.77. The fourth-order valence-electron chi connectivity index (χ4n) is 7.74. The number of aliphatic hydroxyl groups is 3. The number of benzene rings is 3. The number of aromatic nitrogens is 1. The van der Waals surface area contributed by atoms with Crippen molar-refractivity contribution in [3.05, 3.63) is 113 Å². The number of carbonyl (C=O) groups is 2. The van der Waals surface area contributed by atoms with Gasteiger partial charge >= 0.3 is 0 Å². The summed E-state index contributed by atoms with van der Waals surface area (Å²) in [6.07, 6.45) is 5.59. The molecule has 1 aromatic heterocycles. The highest BCUT2D eigenvalue weighted by Gasteiger charge is 2.23. The Labute approximate surface area is 372 Å². The number of carbonyl (C=O) groups excluding carboxylic acids is 2. The molecule has 0 fully saturated rings. The predicted molar refractivity (Wildman–Crippen MR) is 245 cm³/mol. The van der Waals surface area contributed by atoms with Crippen molar-refractivity contribution < 1.29 is 43.9 Å². The van der Waals surface area contributed by atoms with Gasteiger partial charge in [0, 0.05) is 61.8 Å². The molecule has 1 unspecified atom stereocenters. The maximum absolute atomic E-state index is 13.8. The van der Waals surface area contributed by atoms with E-state index >= 15 is 0 Å². The monoisotopic (exact) mass is 869 g/mol. The average molecular weight is 870 g/mol. The van der Waals surface area contributed by atoms with Crippen molar-refractivity contribution in [3.8, 4) is 11.3 Å². The number of rotatable bonds is 29. The van der Waals surface area contributed by atoms with Gasteiger partial charge in [-0.15, -0.1) is 0 Å². The summed E-state index contributed by atoms with van der Waals surface area (Å²) in [7, 11) is 0. The molecule has 0 radical (unpaired) electrons. The fourth-order valence-corrected chi connectivity index (χ4v) is 7.74. The zero-order valence-corrected chi connectivity index (χ0v) is 37.0. The summed E-state index contributed by atoms with van der Waals surface area (Å²) in [5, 5.41) is 36.1. The average Bonchev–Trinajstić information content (AvgIpc) is 3.31. The van der Waals surface area contributed by atoms with Gasteiger partial charge in [-0.1, -0.05) is 36.4 Å². The zero-order chi connectivity index (χ0) is 44.7. The highest BCUT2D eigenvalue weighted by molar-refractivity contribution is 6.06. The highest BCUT2D eigenvalue weighted by atomic mass is 16.6. The van der Waals surface area contributed by atoms with Gasteiger partial charge in [0.2, 0.25) is 5.91 Å². The first kappa shape index (κ1) is 49.2. The minimum Gasteiger partial charge on any atom is -0.395 e. The Morgan fingerprint density at radius 3 is 2.22 bits per heavy atom. The number of aryl methyl sites for hydroxylation is 2. The van der Waals surface area contributed by atoms with E-state index in [2.05, 4.69) is 59.7 Å². The molecule has 0 saturated carbocycles. The summed E-state index contributed by atoms with van der Waals surface area (Å²) in [6, 6.07) is 25.9. The number of aliphatic hydroxyl groups excluding tert-OH is 3. The molecule has 342 valence electrons. The van der Waals surface area contributed by atoms with Crippen LogP contribution in [0.15, 0.2) is 85.1 Å². The van der Waals surface area contributed by atoms with Crippen LogP contribution in [0.2, 0.25) is 0 Å². The number of amides is 2. The van der Waals surface area contributed by atoms with Gasteiger partial charge in [0.15, 0.2) is 0 Å². The smallest absolute Gasteiger partial charge is 0.255 e. The normalized spacial score (nSPS) is 14.0. The molecular formula is C49H67N5O9. The number of hydrogen-bond donors (Lipinski definition) is 5. The SMILES string of the molecule is CCN(CC)c1ccc(NC(=O)c2cccc(CCCOCCOCCOCCOCCC(=O)N(CCO)CCO)c2)c(-c2cc(C(O)N[C@H]3CCCc4ccccc43)ccn2)c1. The van der Waals surface area contributed by atoms with Crippen LogP contribution < -0.4 is 15.5 Å². The molecule has 14 heteroatoms. The minimum atomic E-state index is -0.898. The van der Waals surface area contributed by atoms with Gasteiger partial charge in [-0.2, -0.15) is 0 Å². The maximum Gasteiger partial charge on any atom is 0.255 e. The van der Waals surface area contributed by atoms with E-state index in [1.165, 1.54) is 16.0 Å². The van der Waals surface area contributed by atoms with Gasteiger partial charge in [-0.3, -0.25) is 19.9 Å². The van der Waals surface area contributed by atoms with Crippen LogP contribution in [0, 0.1) is 0 Å². The van der Waals surface area contributed by atoms with Crippen molar-refractivity contribution in [2.24, 2.45) is 0 Å². The Morgan fingerprint density at radius 2 is 1.51 bits per heavy atom. The van der Waals surface area contributed by atoms with E-state index in [0.717, 1.165) is 62.0 Å². The molecule has 5 N–H and O–H groups in total. The summed E-state index contributed by atoms with van der Waals surface area (Å²) in [4.78, 5) is 34.3. The van der Waals surface area contributed by atoms with Gasteiger partial charge in [0.05, 0.1) is 77.3 Å². The van der Waals surface area contributed by atoms with E-state index in [-0.39, 0.29) is 57.2 Å². The Kier molecular flexibility index (Phi) is 21.4. The van der Waals surface area contributed by atoms with Gasteiger partial charge in [0.1, 0.15) is 6.23 Å². The fraction of sp³-hybridized carbons (Fsp3) is 0.490. The van der Waals surface area contributed by atoms with E-state index in [1.54, 1.807) is 6.20 Å². The van der Waals surface area contributed by atoms with Crippen LogP contribution in [0.4, 0.5) is 11.4 Å². The third-order valence-electron chi connectivity index (χ3n) is 11.1. The molecule has 63 heavy (non-hydrogen) atoms. The molecule has 0 aliphatic heterocycles. The lowest BCUT2D eigenvalue weighted by Crippen LogP contribution is -2.36. The Bertz CT molecular complexity index is 1970. The molecular weight excluding hydrogens is 803 g/mol. The van der Waals surface area contributed by atoms with E-state index in [4.69, 9.17) is 34.1 Å². The van der Waals surface area contributed by atoms with Crippen LogP contribution in [0.1, 0.15) is 84.4 Å². The van der Waals surface area contributed by atoms with Crippen LogP contribution in [-0.4, -0.2) is 129 Å². The second kappa shape index (κ2) is 27.4. The molecule has 1 heterocycles. The number of hydrogen-bond acceptors (Lipinski definition) is 12. The zero-order valence-electron chi connectivity index (χ0n) is 37.0. The molecule has 2 amide bonds. The number of ether oxygens (including phenoxy) is 4. The van der Waals surface area contributed by atoms with Crippen LogP contribution in [0.3, 0.4) is 0 Å². The number of nitrogens with one attached hydrogen (secondary N) is 2. The summed E-state index contributed by atoms with van der Waals surface area (Å²) >= 11 is 0. The molecule has 0 bridgehead atoms. The Morgan fingerprint density at radius 1 is 0.810 bits per heavy atom. The van der Waals surface area contributed by atoms with Crippen LogP contribution >= 0.6 is 0 Å². The molecule has 5 rings (SSSR count). The number of anilines is 2. The molecule has 2 atom stereocenters. The van der Waals surface area contributed by atoms with Crippen molar-refractivity contribution in [1.29, 1.82) is 0 Å². The summed E-state index contributed by atoms with van der Waals surface area (Å²) < 4.78 is 22.3. The molecule has 4 aromatic rings. The quantitative estimate of drug-likeness (QED) is 0.0333. The first-order valence-electron chi connectivity index (χ1n) is 22.4. The van der Waals surface area contributed by atoms with E-state index in [1.807, 2.05) is 48.5 Å². The van der Waals surface area contributed by atoms with Crippen molar-refractivity contribution in [2.75, 3.05) is 102 Å². The lowest BCUT2D eigenvalue weighted by atomic mass is 9.87. The minimum absolute atomic E-state index is 0.0511. The summed E-state index contributed by atoms with van der Waals surface area (Å²) in [6.45, 7) is 9.26. The van der Waals surface area contributed by atoms with E-state index in [0.29, 0.717) is 68.8 Å². The molecule has 1 aliphatic rings. The van der Waals surface area contributed by atoms with Gasteiger partial charge < -0.3 is 49.4 Å². The van der Waals surface area contributed by atoms with Gasteiger partial charge in [0.25, 0.3) is 5.91 Å². The summed E-state index contributed by atoms with van der Waals surface area (Å²) in [5.74, 6) is -0.391. The highest BCUT2D eigenvalue weighted by Crippen LogP contribution is 2.34. The van der Waals surface area contributed by atoms with Crippen molar-refractivity contribution in [1.82, 2.24) is 15.2 Å². The van der Waals surface area contributed by atoms with Crippen molar-refractivity contribution in [3.63, 3.8) is 0 Å². The molecule has 14 nitrogen and oxygen atoms in total. The Balaban J connectivity index is 1.05. The molecule has 0 spiro atoms. The van der Waals surface area contributed by atoms with Gasteiger partial charge in [-0.25, -0.2) is 0 Å². The predicted octanol–water partition coefficient (Wildman–Crippen LogP) is 5.71. The number of nitrogens with zero attached hydrogens (tertiary/aromatic N) is 3. The van der Waals surface area contributed by atoms with E-state index in [9.17, 15) is 14.7 Å². The maximum atomic E-state index is 13.8. The van der Waals surface area contributed by atoms with Crippen LogP contribution in [0.25, 0.3) is 11.3 Å². The van der Waals surface area contributed by atoms with Crippen molar-refractivity contribution in [2.45, 2.75) is 64.6 Å². The topological polar surface area (TPSA) is 175 Å². The van der Waals surface area contributed by atoms with Gasteiger partial charge in [-0.05, 0) is 111 Å². The second-order valence-electron chi connectivity index (χ2n) is 15.4. The van der Waals surface area contributed by atoms with Crippen LogP contribution in [0.5, 0.6) is 0 Å². The largest absolute Gasteiger partial charge is 0.395 e. The first-order chi connectivity index (χ1) is 30.8. The first-order valence-corrected chi connectivity index (χ1v) is 22.4. The standard InChI is InChI=1S/C49H67N5O9/c1-3-53(4-2)41-17-18-45(43(36-41)46-35-40(19-21-50-46)49(59)51-44-16-8-13-38-12-5-6-15-42(38)44)52-48(58)39-14-7-10-37(34-39)11-9-26-60-28-30-62-32-33-63-31-29-61-27-20-47(57)54(22-24-55)23-25-56/h5-7,10,12,14-15,17-19,21,34-36,44,49,51,55-56,59H,3-4,8-9,11,13,16,20,22-33H2,1-2H3,(H,52,58)/t44-,49?/m0/s1. The van der Waals surface area contributed by atoms with E-state index < -0.39 is 6.23 Å². The van der Waals surface area contributed by atoms with Crippen molar-refractivity contribution >= 4 is 23.2 Å². The third-order valence-corrected chi connectivity index (χ3v) is 11.1. The third kappa shape index (κ3) is 15.8. The lowest BCUT2D eigenvalue weighted by Gasteiger charge is -2.29. The lowest BCUT2D eigenvalue weighted by molar-refractivity contribution is -0.133. The summed E-state index contributed by atoms with van der Waals surface area (Å²) in [5.41, 5.74) is 7.93. The molecule has 3 aromatic carbocycles. The molecule has 0 saturated heterocycles. The number of fused-ring (bicyclic) bond motifs is 1. The number of pyridine rings is 1. The molecule has 1 aliphatic carbocycles. The second-order valence-corrected chi connectivity index (χ2v) is 15.4.